The van der Waals surface area contributed by atoms with Crippen LogP contribution in [-0.4, -0.2) is 58.0 Å². The molecule has 0 saturated heterocycles. The summed E-state index contributed by atoms with van der Waals surface area (Å²) in [7, 11) is 1.72. The SMILES string of the molecule is COCCCOCCN(CCCN)CC(C)C. The summed E-state index contributed by atoms with van der Waals surface area (Å²) < 4.78 is 10.5. The maximum absolute atomic E-state index is 5.57. The summed E-state index contributed by atoms with van der Waals surface area (Å²) in [6.07, 6.45) is 2.04. The van der Waals surface area contributed by atoms with Crippen LogP contribution in [0.25, 0.3) is 0 Å². The Labute approximate surface area is 106 Å². The molecular formula is C13H30N2O2. The van der Waals surface area contributed by atoms with Gasteiger partial charge in [-0.2, -0.15) is 0 Å². The summed E-state index contributed by atoms with van der Waals surface area (Å²) in [5, 5.41) is 0. The number of hydrogen-bond donors (Lipinski definition) is 1. The Balaban J connectivity index is 3.53. The maximum Gasteiger partial charge on any atom is 0.0593 e. The fourth-order valence-corrected chi connectivity index (χ4v) is 1.73. The van der Waals surface area contributed by atoms with Crippen molar-refractivity contribution < 1.29 is 9.47 Å². The molecule has 0 bridgehead atoms. The molecule has 0 aliphatic heterocycles. The molecule has 4 heteroatoms. The number of nitrogens with zero attached hydrogens (tertiary/aromatic N) is 1. The second kappa shape index (κ2) is 12.3. The quantitative estimate of drug-likeness (QED) is 0.528. The zero-order valence-corrected chi connectivity index (χ0v) is 11.8. The van der Waals surface area contributed by atoms with Crippen LogP contribution < -0.4 is 5.73 Å². The Morgan fingerprint density at radius 1 is 1.06 bits per heavy atom. The Kier molecular flexibility index (Phi) is 12.2. The fraction of sp³-hybridized carbons (Fsp3) is 1.00. The normalized spacial score (nSPS) is 11.6. The molecule has 104 valence electrons. The molecule has 0 spiro atoms. The Morgan fingerprint density at radius 3 is 2.41 bits per heavy atom. The van der Waals surface area contributed by atoms with Crippen molar-refractivity contribution in [1.29, 1.82) is 0 Å². The van der Waals surface area contributed by atoms with Crippen LogP contribution in [0.2, 0.25) is 0 Å². The Bertz CT molecular complexity index is 154. The van der Waals surface area contributed by atoms with Crippen LogP contribution in [0.15, 0.2) is 0 Å². The van der Waals surface area contributed by atoms with Crippen LogP contribution in [0.1, 0.15) is 26.7 Å². The molecule has 0 aliphatic carbocycles. The van der Waals surface area contributed by atoms with E-state index >= 15 is 0 Å². The van der Waals surface area contributed by atoms with Gasteiger partial charge in [-0.15, -0.1) is 0 Å². The minimum absolute atomic E-state index is 0.696. The summed E-state index contributed by atoms with van der Waals surface area (Å²) in [6.45, 7) is 10.8. The average molecular weight is 246 g/mol. The van der Waals surface area contributed by atoms with Crippen LogP contribution in [0.3, 0.4) is 0 Å². The van der Waals surface area contributed by atoms with Gasteiger partial charge in [-0.3, -0.25) is 0 Å². The minimum atomic E-state index is 0.696. The van der Waals surface area contributed by atoms with E-state index in [1.54, 1.807) is 7.11 Å². The second-order valence-corrected chi connectivity index (χ2v) is 4.80. The van der Waals surface area contributed by atoms with E-state index in [1.807, 2.05) is 0 Å². The average Bonchev–Trinajstić information content (AvgIpc) is 2.29. The number of methoxy groups -OCH3 is 1. The molecule has 2 N–H and O–H groups in total. The number of hydrogen-bond acceptors (Lipinski definition) is 4. The van der Waals surface area contributed by atoms with Crippen LogP contribution >= 0.6 is 0 Å². The maximum atomic E-state index is 5.57. The molecule has 0 saturated carbocycles. The zero-order valence-electron chi connectivity index (χ0n) is 11.8. The summed E-state index contributed by atoms with van der Waals surface area (Å²) >= 11 is 0. The first-order valence-electron chi connectivity index (χ1n) is 6.69. The van der Waals surface area contributed by atoms with Gasteiger partial charge in [0.25, 0.3) is 0 Å². The van der Waals surface area contributed by atoms with E-state index in [4.69, 9.17) is 15.2 Å². The van der Waals surface area contributed by atoms with Gasteiger partial charge in [-0.05, 0) is 31.8 Å². The first-order valence-corrected chi connectivity index (χ1v) is 6.69. The molecule has 0 aromatic heterocycles. The van der Waals surface area contributed by atoms with Crippen molar-refractivity contribution in [3.05, 3.63) is 0 Å². The molecule has 4 nitrogen and oxygen atoms in total. The van der Waals surface area contributed by atoms with Gasteiger partial charge >= 0.3 is 0 Å². The van der Waals surface area contributed by atoms with Gasteiger partial charge in [-0.1, -0.05) is 13.8 Å². The lowest BCUT2D eigenvalue weighted by molar-refractivity contribution is 0.0808. The van der Waals surface area contributed by atoms with E-state index < -0.39 is 0 Å². The molecule has 0 amide bonds. The summed E-state index contributed by atoms with van der Waals surface area (Å²) in [5.41, 5.74) is 5.55. The lowest BCUT2D eigenvalue weighted by Gasteiger charge is -2.23. The van der Waals surface area contributed by atoms with Crippen LogP contribution in [-0.2, 0) is 9.47 Å². The molecule has 0 unspecified atom stereocenters. The highest BCUT2D eigenvalue weighted by Crippen LogP contribution is 1.99. The first kappa shape index (κ1) is 16.8. The first-order chi connectivity index (χ1) is 8.20. The van der Waals surface area contributed by atoms with Crippen molar-refractivity contribution in [2.75, 3.05) is 53.1 Å². The minimum Gasteiger partial charge on any atom is -0.385 e. The summed E-state index contributed by atoms with van der Waals surface area (Å²) in [4.78, 5) is 2.44. The van der Waals surface area contributed by atoms with Gasteiger partial charge < -0.3 is 20.1 Å². The molecule has 0 radical (unpaired) electrons. The van der Waals surface area contributed by atoms with Gasteiger partial charge in [0.15, 0.2) is 0 Å². The van der Waals surface area contributed by atoms with E-state index in [0.29, 0.717) is 5.92 Å². The fourth-order valence-electron chi connectivity index (χ4n) is 1.73. The third-order valence-electron chi connectivity index (χ3n) is 2.49. The second-order valence-electron chi connectivity index (χ2n) is 4.80. The monoisotopic (exact) mass is 246 g/mol. The lowest BCUT2D eigenvalue weighted by atomic mass is 10.2. The van der Waals surface area contributed by atoms with Crippen molar-refractivity contribution in [2.24, 2.45) is 11.7 Å². The van der Waals surface area contributed by atoms with E-state index in [9.17, 15) is 0 Å². The van der Waals surface area contributed by atoms with Crippen molar-refractivity contribution in [2.45, 2.75) is 26.7 Å². The topological polar surface area (TPSA) is 47.7 Å². The summed E-state index contributed by atoms with van der Waals surface area (Å²) in [5.74, 6) is 0.696. The molecule has 0 fully saturated rings. The lowest BCUT2D eigenvalue weighted by Crippen LogP contribution is -2.33. The number of rotatable bonds is 12. The molecule has 0 rings (SSSR count). The number of ether oxygens (including phenoxy) is 2. The Morgan fingerprint density at radius 2 is 1.82 bits per heavy atom. The van der Waals surface area contributed by atoms with E-state index in [2.05, 4.69) is 18.7 Å². The standard InChI is InChI=1S/C13H30N2O2/c1-13(2)12-15(7-4-6-14)8-11-17-10-5-9-16-3/h13H,4-12,14H2,1-3H3. The highest BCUT2D eigenvalue weighted by atomic mass is 16.5. The van der Waals surface area contributed by atoms with Gasteiger partial charge in [-0.25, -0.2) is 0 Å². The number of nitrogens with two attached hydrogens (primary N) is 1. The van der Waals surface area contributed by atoms with Gasteiger partial charge in [0, 0.05) is 33.4 Å². The third-order valence-corrected chi connectivity index (χ3v) is 2.49. The molecule has 0 aromatic rings. The van der Waals surface area contributed by atoms with E-state index in [-0.39, 0.29) is 0 Å². The summed E-state index contributed by atoms with van der Waals surface area (Å²) in [6, 6.07) is 0. The Hall–Kier alpha value is -0.160. The van der Waals surface area contributed by atoms with Crippen molar-refractivity contribution >= 4 is 0 Å². The van der Waals surface area contributed by atoms with Gasteiger partial charge in [0.2, 0.25) is 0 Å². The molecule has 0 aromatic carbocycles. The van der Waals surface area contributed by atoms with Crippen molar-refractivity contribution in [3.63, 3.8) is 0 Å². The highest BCUT2D eigenvalue weighted by Gasteiger charge is 2.06. The predicted molar refractivity (Wildman–Crippen MR) is 72.3 cm³/mol. The van der Waals surface area contributed by atoms with Crippen LogP contribution in [0.4, 0.5) is 0 Å². The molecule has 0 atom stereocenters. The molecule has 17 heavy (non-hydrogen) atoms. The van der Waals surface area contributed by atoms with Crippen molar-refractivity contribution in [3.8, 4) is 0 Å². The van der Waals surface area contributed by atoms with Crippen LogP contribution in [0.5, 0.6) is 0 Å². The largest absolute Gasteiger partial charge is 0.385 e. The van der Waals surface area contributed by atoms with Crippen molar-refractivity contribution in [1.82, 2.24) is 4.90 Å². The van der Waals surface area contributed by atoms with Gasteiger partial charge in [0.1, 0.15) is 0 Å². The third kappa shape index (κ3) is 12.1. The predicted octanol–water partition coefficient (Wildman–Crippen LogP) is 1.35. The van der Waals surface area contributed by atoms with E-state index in [0.717, 1.165) is 58.8 Å². The van der Waals surface area contributed by atoms with Gasteiger partial charge in [0.05, 0.1) is 6.61 Å². The van der Waals surface area contributed by atoms with E-state index in [1.165, 1.54) is 0 Å². The smallest absolute Gasteiger partial charge is 0.0593 e. The highest BCUT2D eigenvalue weighted by molar-refractivity contribution is 4.60. The zero-order chi connectivity index (χ0) is 12.9. The molecule has 0 aliphatic rings. The molecular weight excluding hydrogens is 216 g/mol. The van der Waals surface area contributed by atoms with Crippen LogP contribution in [0, 0.1) is 5.92 Å². The molecule has 0 heterocycles.